The molecule has 0 atom stereocenters. The molecule has 0 radical (unpaired) electrons. The molecule has 0 saturated carbocycles. The normalized spacial score (nSPS) is 13.0. The van der Waals surface area contributed by atoms with Crippen LogP contribution < -0.4 is 0 Å². The average Bonchev–Trinajstić information content (AvgIpc) is 3.57. The second-order valence-electron chi connectivity index (χ2n) is 17.3. The Morgan fingerprint density at radius 3 is 1.95 bits per heavy atom. The van der Waals surface area contributed by atoms with Crippen LogP contribution >= 0.6 is 0 Å². The van der Waals surface area contributed by atoms with Gasteiger partial charge in [-0.05, 0) is 135 Å². The summed E-state index contributed by atoms with van der Waals surface area (Å²) in [4.78, 5) is 24.4. The predicted molar refractivity (Wildman–Crippen MR) is 268 cm³/mol. The van der Waals surface area contributed by atoms with Gasteiger partial charge in [-0.15, -0.1) is 0 Å². The Hall–Kier alpha value is -8.15. The molecule has 0 unspecified atom stereocenters. The predicted octanol–water partition coefficient (Wildman–Crippen LogP) is 15.4. The minimum atomic E-state index is -0.256. The number of benzene rings is 7. The summed E-state index contributed by atoms with van der Waals surface area (Å²) < 4.78 is 0. The van der Waals surface area contributed by atoms with Crippen molar-refractivity contribution >= 4 is 72.9 Å². The second kappa shape index (κ2) is 14.5. The quantitative estimate of drug-likeness (QED) is 0.124. The molecule has 0 saturated heterocycles. The number of hydrogen-bond acceptors (Lipinski definition) is 5. The van der Waals surface area contributed by atoms with Gasteiger partial charge in [0.25, 0.3) is 0 Å². The lowest BCUT2D eigenvalue weighted by Crippen LogP contribution is -2.16. The number of aromatic nitrogens is 4. The lowest BCUT2D eigenvalue weighted by atomic mass is 9.78. The van der Waals surface area contributed by atoms with E-state index in [1.165, 1.54) is 44.0 Å². The van der Waals surface area contributed by atoms with E-state index < -0.39 is 0 Å². The minimum Gasteiger partial charge on any atom is -0.262 e. The van der Waals surface area contributed by atoms with Gasteiger partial charge in [0.15, 0.2) is 0 Å². The molecule has 0 spiro atoms. The number of hydrogen-bond donors (Lipinski definition) is 0. The third-order valence-electron chi connectivity index (χ3n) is 13.3. The first-order valence-electron chi connectivity index (χ1n) is 21.8. The molecule has 7 aromatic carbocycles. The number of allylic oxidation sites excluding steroid dienone is 1. The molecule has 1 aliphatic rings. The van der Waals surface area contributed by atoms with Crippen molar-refractivity contribution in [2.24, 2.45) is 4.99 Å². The highest BCUT2D eigenvalue weighted by molar-refractivity contribution is 6.16. The summed E-state index contributed by atoms with van der Waals surface area (Å²) in [5.41, 5.74) is 18.9. The van der Waals surface area contributed by atoms with Crippen molar-refractivity contribution < 1.29 is 0 Å². The van der Waals surface area contributed by atoms with E-state index in [0.29, 0.717) is 0 Å². The third-order valence-corrected chi connectivity index (χ3v) is 13.3. The molecule has 4 heterocycles. The number of pyridine rings is 4. The monoisotopic (exact) mass is 819 g/mol. The maximum Gasteiger partial charge on any atom is 0.0970 e. The summed E-state index contributed by atoms with van der Waals surface area (Å²) >= 11 is 0. The van der Waals surface area contributed by atoms with Crippen LogP contribution in [0.15, 0.2) is 181 Å². The van der Waals surface area contributed by atoms with Gasteiger partial charge in [0, 0.05) is 56.7 Å². The Labute approximate surface area is 371 Å². The Bertz CT molecular complexity index is 3790. The summed E-state index contributed by atoms with van der Waals surface area (Å²) in [6.07, 6.45) is 9.69. The Kier molecular flexibility index (Phi) is 8.50. The van der Waals surface area contributed by atoms with Crippen molar-refractivity contribution in [1.82, 2.24) is 19.9 Å². The molecular weight excluding hydrogens is 779 g/mol. The largest absolute Gasteiger partial charge is 0.262 e. The fourth-order valence-corrected chi connectivity index (χ4v) is 10.4. The maximum atomic E-state index is 5.44. The Balaban J connectivity index is 1.11. The summed E-state index contributed by atoms with van der Waals surface area (Å²) in [7, 11) is 0. The van der Waals surface area contributed by atoms with Crippen molar-refractivity contribution in [1.29, 1.82) is 0 Å². The molecule has 1 aliphatic carbocycles. The van der Waals surface area contributed by atoms with E-state index in [-0.39, 0.29) is 5.41 Å². The molecule has 0 amide bonds. The van der Waals surface area contributed by atoms with Crippen molar-refractivity contribution in [3.63, 3.8) is 0 Å². The van der Waals surface area contributed by atoms with E-state index in [4.69, 9.17) is 19.9 Å². The van der Waals surface area contributed by atoms with E-state index in [2.05, 4.69) is 171 Å². The van der Waals surface area contributed by atoms with Crippen LogP contribution in [0.5, 0.6) is 0 Å². The maximum absolute atomic E-state index is 5.44. The van der Waals surface area contributed by atoms with Crippen molar-refractivity contribution in [3.8, 4) is 55.8 Å². The third kappa shape index (κ3) is 5.67. The van der Waals surface area contributed by atoms with Gasteiger partial charge in [0.1, 0.15) is 0 Å². The minimum absolute atomic E-state index is 0.256. The van der Waals surface area contributed by atoms with Gasteiger partial charge in [-0.25, -0.2) is 4.98 Å². The van der Waals surface area contributed by atoms with Crippen molar-refractivity contribution in [3.05, 3.63) is 193 Å². The smallest absolute Gasteiger partial charge is 0.0970 e. The molecule has 0 fully saturated rings. The highest BCUT2D eigenvalue weighted by Crippen LogP contribution is 2.54. The molecule has 5 heteroatoms. The summed E-state index contributed by atoms with van der Waals surface area (Å²) in [6.45, 7) is 10.8. The van der Waals surface area contributed by atoms with Crippen molar-refractivity contribution in [2.45, 2.75) is 26.2 Å². The Morgan fingerprint density at radius 1 is 0.531 bits per heavy atom. The molecule has 302 valence electrons. The number of rotatable bonds is 6. The first kappa shape index (κ1) is 37.6. The second-order valence-corrected chi connectivity index (χ2v) is 17.3. The van der Waals surface area contributed by atoms with Gasteiger partial charge < -0.3 is 0 Å². The van der Waals surface area contributed by atoms with Crippen LogP contribution in [-0.2, 0) is 5.41 Å². The average molecular weight is 820 g/mol. The van der Waals surface area contributed by atoms with E-state index in [1.807, 2.05) is 43.7 Å². The fourth-order valence-electron chi connectivity index (χ4n) is 10.4. The van der Waals surface area contributed by atoms with Crippen LogP contribution in [0.1, 0.15) is 37.5 Å². The van der Waals surface area contributed by atoms with Crippen LogP contribution in [0.2, 0.25) is 0 Å². The number of nitrogens with zero attached hydrogens (tertiary/aromatic N) is 5. The van der Waals surface area contributed by atoms with Gasteiger partial charge in [-0.1, -0.05) is 123 Å². The Morgan fingerprint density at radius 2 is 1.16 bits per heavy atom. The number of fused-ring (bicyclic) bond motifs is 10. The van der Waals surface area contributed by atoms with Crippen molar-refractivity contribution in [2.75, 3.05) is 0 Å². The summed E-state index contributed by atoms with van der Waals surface area (Å²) in [6, 6.07) is 54.8. The molecule has 4 aromatic heterocycles. The van der Waals surface area contributed by atoms with Crippen LogP contribution in [0.25, 0.3) is 116 Å². The van der Waals surface area contributed by atoms with Gasteiger partial charge in [0.2, 0.25) is 0 Å². The van der Waals surface area contributed by atoms with Gasteiger partial charge in [-0.3, -0.25) is 19.9 Å². The summed E-state index contributed by atoms with van der Waals surface area (Å²) in [5.74, 6) is 0. The SMILES string of the molecule is C=Nc1c(/C=C\C)c(-c2cc(-c3ccc(-c4c5c(nc6ccc7ccccc7c46)-c4ccccc4C5(C)C)cc3)cc(-c3cc4cccnc4c4ncccc34)c2)cc2cccnc12. The first-order chi connectivity index (χ1) is 31.4. The zero-order valence-electron chi connectivity index (χ0n) is 35.8. The van der Waals surface area contributed by atoms with E-state index in [9.17, 15) is 0 Å². The molecule has 5 nitrogen and oxygen atoms in total. The van der Waals surface area contributed by atoms with Crippen LogP contribution in [0.3, 0.4) is 0 Å². The zero-order valence-corrected chi connectivity index (χ0v) is 35.8. The van der Waals surface area contributed by atoms with Crippen LogP contribution in [0, 0.1) is 0 Å². The highest BCUT2D eigenvalue weighted by Gasteiger charge is 2.39. The molecule has 64 heavy (non-hydrogen) atoms. The van der Waals surface area contributed by atoms with Gasteiger partial charge in [0.05, 0.1) is 33.4 Å². The molecule has 12 rings (SSSR count). The van der Waals surface area contributed by atoms with E-state index in [0.717, 1.165) is 88.6 Å². The molecule has 0 N–H and O–H groups in total. The fraction of sp³-hybridized carbons (Fsp3) is 0.0678. The lowest BCUT2D eigenvalue weighted by molar-refractivity contribution is 0.662. The lowest BCUT2D eigenvalue weighted by Gasteiger charge is -2.26. The summed E-state index contributed by atoms with van der Waals surface area (Å²) in [5, 5.41) is 6.70. The number of aliphatic imine (C=N–C) groups is 1. The van der Waals surface area contributed by atoms with Crippen LogP contribution in [0.4, 0.5) is 5.69 Å². The van der Waals surface area contributed by atoms with Gasteiger partial charge in [-0.2, -0.15) is 0 Å². The molecular formula is C59H41N5. The standard InChI is InChI=1S/C59H41N5/c1-5-13-44-47(33-38-15-10-27-61-54(38)57(44)60-4)41-30-40(31-42(32-41)48-34-39-16-11-28-62-55(39)58-45(48)19-12-29-63-58)35-21-23-37(24-22-35)51-52-43-17-7-6-14-36(43)25-26-50(52)64-56-46-18-8-9-20-49(46)59(2,3)53(51)56/h5-34H,4H2,1-3H3/b13-5-. The first-order valence-corrected chi connectivity index (χ1v) is 21.8. The zero-order chi connectivity index (χ0) is 43.1. The molecule has 0 aliphatic heterocycles. The van der Waals surface area contributed by atoms with E-state index in [1.54, 1.807) is 0 Å². The highest BCUT2D eigenvalue weighted by atomic mass is 14.8. The van der Waals surface area contributed by atoms with Crippen LogP contribution in [-0.4, -0.2) is 26.7 Å². The molecule has 11 aromatic rings. The molecule has 0 bridgehead atoms. The van der Waals surface area contributed by atoms with E-state index >= 15 is 0 Å². The topological polar surface area (TPSA) is 63.9 Å². The van der Waals surface area contributed by atoms with Gasteiger partial charge >= 0.3 is 0 Å².